The molecule has 0 fully saturated rings. The van der Waals surface area contributed by atoms with Crippen LogP contribution in [0.25, 0.3) is 10.2 Å². The zero-order valence-corrected chi connectivity index (χ0v) is 15.0. The van der Waals surface area contributed by atoms with E-state index in [2.05, 4.69) is 16.0 Å². The maximum absolute atomic E-state index is 12.5. The van der Waals surface area contributed by atoms with Crippen molar-refractivity contribution in [1.82, 2.24) is 14.3 Å². The summed E-state index contributed by atoms with van der Waals surface area (Å²) >= 11 is 13.8. The van der Waals surface area contributed by atoms with Gasteiger partial charge in [-0.25, -0.2) is 0 Å². The Morgan fingerprint density at radius 1 is 1.38 bits per heavy atom. The van der Waals surface area contributed by atoms with Crippen molar-refractivity contribution in [3.05, 3.63) is 44.9 Å². The Morgan fingerprint density at radius 3 is 2.83 bits per heavy atom. The Morgan fingerprint density at radius 2 is 2.12 bits per heavy atom. The normalized spacial score (nSPS) is 11.8. The lowest BCUT2D eigenvalue weighted by Crippen LogP contribution is -2.18. The average Bonchev–Trinajstić information content (AvgIpc) is 3.17. The number of nitrogens with zero attached hydrogens (tertiary/aromatic N) is 4. The summed E-state index contributed by atoms with van der Waals surface area (Å²) in [5.41, 5.74) is 1.10. The Hall–Kier alpha value is -2.07. The van der Waals surface area contributed by atoms with Gasteiger partial charge in [0.15, 0.2) is 4.80 Å². The predicted octanol–water partition coefficient (Wildman–Crippen LogP) is 3.60. The van der Waals surface area contributed by atoms with Crippen LogP contribution in [-0.4, -0.2) is 20.3 Å². The molecular weight excluding hydrogens is 367 g/mol. The topological polar surface area (TPSA) is 52.2 Å². The monoisotopic (exact) mass is 378 g/mol. The van der Waals surface area contributed by atoms with Gasteiger partial charge in [-0.1, -0.05) is 40.5 Å². The maximum atomic E-state index is 12.5. The number of hydrogen-bond donors (Lipinski definition) is 0. The summed E-state index contributed by atoms with van der Waals surface area (Å²) in [6, 6.07) is 5.04. The lowest BCUT2D eigenvalue weighted by atomic mass is 10.3. The van der Waals surface area contributed by atoms with E-state index in [1.807, 2.05) is 6.92 Å². The summed E-state index contributed by atoms with van der Waals surface area (Å²) in [6.45, 7) is 2.72. The number of carbonyl (C=O) groups is 1. The molecule has 0 saturated heterocycles. The SMILES string of the molecule is C#CCn1c(=NC(=O)c2ccnn2CC)sc2c(Cl)ccc(Cl)c21. The molecule has 2 heterocycles. The molecule has 8 heteroatoms. The lowest BCUT2D eigenvalue weighted by molar-refractivity contribution is 0.0987. The van der Waals surface area contributed by atoms with Crippen molar-refractivity contribution in [2.75, 3.05) is 0 Å². The molecule has 3 rings (SSSR count). The fraction of sp³-hybridized carbons (Fsp3) is 0.188. The minimum absolute atomic E-state index is 0.235. The van der Waals surface area contributed by atoms with E-state index in [4.69, 9.17) is 29.6 Å². The highest BCUT2D eigenvalue weighted by atomic mass is 35.5. The van der Waals surface area contributed by atoms with Crippen LogP contribution in [0.3, 0.4) is 0 Å². The first kappa shape index (κ1) is 16.8. The first-order chi connectivity index (χ1) is 11.6. The van der Waals surface area contributed by atoms with Gasteiger partial charge in [-0.3, -0.25) is 9.48 Å². The van der Waals surface area contributed by atoms with Crippen LogP contribution in [0.15, 0.2) is 29.4 Å². The standard InChI is InChI=1S/C16H12Cl2N4OS/c1-3-9-21-13-10(17)5-6-11(18)14(13)24-16(21)20-15(23)12-7-8-19-22(12)4-2/h1,5-8H,4,9H2,2H3. The van der Waals surface area contributed by atoms with Gasteiger partial charge >= 0.3 is 0 Å². The summed E-state index contributed by atoms with van der Waals surface area (Å²) in [6.07, 6.45) is 7.03. The second kappa shape index (κ2) is 6.81. The predicted molar refractivity (Wildman–Crippen MR) is 96.5 cm³/mol. The number of aromatic nitrogens is 3. The first-order valence-electron chi connectivity index (χ1n) is 7.08. The number of fused-ring (bicyclic) bond motifs is 1. The summed E-state index contributed by atoms with van der Waals surface area (Å²) in [5.74, 6) is 2.17. The molecule has 5 nitrogen and oxygen atoms in total. The lowest BCUT2D eigenvalue weighted by Gasteiger charge is -2.03. The fourth-order valence-electron chi connectivity index (χ4n) is 2.34. The van der Waals surface area contributed by atoms with Crippen LogP contribution in [0.5, 0.6) is 0 Å². The Bertz CT molecular complexity index is 1040. The van der Waals surface area contributed by atoms with Crippen LogP contribution < -0.4 is 4.80 Å². The number of rotatable bonds is 3. The fourth-order valence-corrected chi connectivity index (χ4v) is 3.99. The number of benzene rings is 1. The number of amides is 1. The zero-order valence-electron chi connectivity index (χ0n) is 12.7. The molecule has 0 atom stereocenters. The molecule has 0 radical (unpaired) electrons. The van der Waals surface area contributed by atoms with Gasteiger partial charge in [0.25, 0.3) is 5.91 Å². The largest absolute Gasteiger partial charge is 0.303 e. The van der Waals surface area contributed by atoms with Crippen LogP contribution in [0, 0.1) is 12.3 Å². The van der Waals surface area contributed by atoms with E-state index in [1.165, 1.54) is 11.3 Å². The molecule has 0 aliphatic heterocycles. The number of hydrogen-bond acceptors (Lipinski definition) is 3. The van der Waals surface area contributed by atoms with E-state index in [0.29, 0.717) is 32.6 Å². The van der Waals surface area contributed by atoms with Crippen molar-refractivity contribution < 1.29 is 4.79 Å². The molecule has 0 N–H and O–H groups in total. The van der Waals surface area contributed by atoms with E-state index >= 15 is 0 Å². The van der Waals surface area contributed by atoms with Crippen molar-refractivity contribution in [3.63, 3.8) is 0 Å². The van der Waals surface area contributed by atoms with Crippen molar-refractivity contribution in [3.8, 4) is 12.3 Å². The second-order valence-electron chi connectivity index (χ2n) is 4.83. The third-order valence-corrected chi connectivity index (χ3v) is 5.25. The second-order valence-corrected chi connectivity index (χ2v) is 6.62. The van der Waals surface area contributed by atoms with Gasteiger partial charge in [0.2, 0.25) is 0 Å². The highest BCUT2D eigenvalue weighted by Gasteiger charge is 2.15. The van der Waals surface area contributed by atoms with Gasteiger partial charge in [-0.15, -0.1) is 6.42 Å². The van der Waals surface area contributed by atoms with E-state index < -0.39 is 0 Å². The molecule has 0 spiro atoms. The third kappa shape index (κ3) is 2.86. The van der Waals surface area contributed by atoms with Crippen molar-refractivity contribution in [1.29, 1.82) is 0 Å². The zero-order chi connectivity index (χ0) is 17.3. The molecule has 1 aromatic carbocycles. The average molecular weight is 379 g/mol. The number of terminal acetylenes is 1. The molecule has 2 aromatic heterocycles. The number of halogens is 2. The number of carbonyl (C=O) groups excluding carboxylic acids is 1. The Balaban J connectivity index is 2.24. The Kier molecular flexibility index (Phi) is 4.76. The summed E-state index contributed by atoms with van der Waals surface area (Å²) in [5, 5.41) is 5.13. The minimum Gasteiger partial charge on any atom is -0.303 e. The van der Waals surface area contributed by atoms with Gasteiger partial charge in [-0.2, -0.15) is 10.1 Å². The third-order valence-electron chi connectivity index (χ3n) is 3.41. The highest BCUT2D eigenvalue weighted by Crippen LogP contribution is 2.31. The van der Waals surface area contributed by atoms with Crippen molar-refractivity contribution in [2.45, 2.75) is 20.0 Å². The van der Waals surface area contributed by atoms with Crippen LogP contribution in [0.4, 0.5) is 0 Å². The molecule has 1 amide bonds. The summed E-state index contributed by atoms with van der Waals surface area (Å²) in [7, 11) is 0. The minimum atomic E-state index is -0.390. The molecular formula is C16H12Cl2N4OS. The summed E-state index contributed by atoms with van der Waals surface area (Å²) < 4.78 is 4.05. The molecule has 24 heavy (non-hydrogen) atoms. The van der Waals surface area contributed by atoms with Gasteiger partial charge < -0.3 is 4.57 Å². The van der Waals surface area contributed by atoms with E-state index in [-0.39, 0.29) is 12.5 Å². The van der Waals surface area contributed by atoms with Crippen LogP contribution in [-0.2, 0) is 13.1 Å². The molecule has 3 aromatic rings. The van der Waals surface area contributed by atoms with Crippen molar-refractivity contribution >= 4 is 50.7 Å². The van der Waals surface area contributed by atoms with Crippen LogP contribution >= 0.6 is 34.5 Å². The smallest absolute Gasteiger partial charge is 0.297 e. The van der Waals surface area contributed by atoms with Gasteiger partial charge in [-0.05, 0) is 25.1 Å². The molecule has 122 valence electrons. The van der Waals surface area contributed by atoms with Crippen LogP contribution in [0.2, 0.25) is 10.0 Å². The van der Waals surface area contributed by atoms with E-state index in [1.54, 1.807) is 33.6 Å². The van der Waals surface area contributed by atoms with Gasteiger partial charge in [0.1, 0.15) is 5.69 Å². The quantitative estimate of drug-likeness (QED) is 0.653. The maximum Gasteiger partial charge on any atom is 0.297 e. The number of aryl methyl sites for hydroxylation is 1. The van der Waals surface area contributed by atoms with E-state index in [0.717, 1.165) is 4.70 Å². The first-order valence-corrected chi connectivity index (χ1v) is 8.65. The van der Waals surface area contributed by atoms with Gasteiger partial charge in [0.05, 0.1) is 26.8 Å². The molecule has 0 bridgehead atoms. The number of thiazole rings is 1. The van der Waals surface area contributed by atoms with Crippen LogP contribution in [0.1, 0.15) is 17.4 Å². The highest BCUT2D eigenvalue weighted by molar-refractivity contribution is 7.17. The molecule has 0 unspecified atom stereocenters. The van der Waals surface area contributed by atoms with E-state index in [9.17, 15) is 4.79 Å². The molecule has 0 saturated carbocycles. The van der Waals surface area contributed by atoms with Crippen molar-refractivity contribution in [2.24, 2.45) is 4.99 Å². The van der Waals surface area contributed by atoms with Gasteiger partial charge in [0, 0.05) is 12.7 Å². The molecule has 0 aliphatic carbocycles. The molecule has 0 aliphatic rings. The summed E-state index contributed by atoms with van der Waals surface area (Å²) in [4.78, 5) is 17.2. The Labute approximate surface area is 152 Å².